The second-order valence-corrected chi connectivity index (χ2v) is 4.26. The predicted octanol–water partition coefficient (Wildman–Crippen LogP) is 3.11. The Labute approximate surface area is 95.4 Å². The maximum Gasteiger partial charge on any atom is 0.261 e. The molecule has 1 rings (SSSR count). The molecule has 1 aromatic heterocycles. The Hall–Kier alpha value is -0.230. The monoisotopic (exact) mass is 256 g/mol. The van der Waals surface area contributed by atoms with Crippen molar-refractivity contribution < 1.29 is 18.6 Å². The molecule has 1 unspecified atom stereocenters. The van der Waals surface area contributed by atoms with Gasteiger partial charge in [-0.1, -0.05) is 11.6 Å². The Balaban J connectivity index is 2.25. The molecule has 6 heteroatoms. The number of rotatable bonds is 6. The van der Waals surface area contributed by atoms with Crippen molar-refractivity contribution in [2.75, 3.05) is 13.2 Å². The summed E-state index contributed by atoms with van der Waals surface area (Å²) < 4.78 is 28.0. The van der Waals surface area contributed by atoms with Gasteiger partial charge >= 0.3 is 0 Å². The Morgan fingerprint density at radius 3 is 2.80 bits per heavy atom. The molecule has 1 heterocycles. The minimum Gasteiger partial charge on any atom is -0.387 e. The number of alkyl halides is 2. The minimum absolute atomic E-state index is 0.0970. The van der Waals surface area contributed by atoms with Crippen LogP contribution in [0.1, 0.15) is 17.4 Å². The Bertz CT molecular complexity index is 293. The largest absolute Gasteiger partial charge is 0.387 e. The first-order chi connectivity index (χ1) is 7.11. The third-order valence-electron chi connectivity index (χ3n) is 1.73. The highest BCUT2D eigenvalue weighted by atomic mass is 35.5. The molecule has 1 atom stereocenters. The van der Waals surface area contributed by atoms with Crippen molar-refractivity contribution >= 4 is 22.9 Å². The van der Waals surface area contributed by atoms with Crippen LogP contribution in [-0.4, -0.2) is 24.7 Å². The van der Waals surface area contributed by atoms with Crippen LogP contribution >= 0.6 is 22.9 Å². The smallest absolute Gasteiger partial charge is 0.261 e. The topological polar surface area (TPSA) is 29.5 Å². The van der Waals surface area contributed by atoms with E-state index in [1.54, 1.807) is 11.4 Å². The molecule has 0 aliphatic carbocycles. The van der Waals surface area contributed by atoms with Gasteiger partial charge in [0, 0.05) is 13.0 Å². The van der Waals surface area contributed by atoms with Gasteiger partial charge in [-0.15, -0.1) is 11.3 Å². The summed E-state index contributed by atoms with van der Waals surface area (Å²) >= 11 is 7.12. The van der Waals surface area contributed by atoms with Gasteiger partial charge in [-0.05, 0) is 11.4 Å². The molecular formula is C9H11ClF2O2S. The van der Waals surface area contributed by atoms with Crippen LogP contribution in [-0.2, 0) is 4.74 Å². The summed E-state index contributed by atoms with van der Waals surface area (Å²) in [7, 11) is 0. The van der Waals surface area contributed by atoms with E-state index in [0.717, 1.165) is 0 Å². The third-order valence-corrected chi connectivity index (χ3v) is 3.19. The van der Waals surface area contributed by atoms with Gasteiger partial charge in [-0.3, -0.25) is 0 Å². The molecule has 0 saturated carbocycles. The fraction of sp³-hybridized carbons (Fsp3) is 0.556. The van der Waals surface area contributed by atoms with Crippen LogP contribution in [0.15, 0.2) is 11.4 Å². The summed E-state index contributed by atoms with van der Waals surface area (Å²) in [5, 5.41) is 11.9. The van der Waals surface area contributed by atoms with Crippen LogP contribution in [0.25, 0.3) is 0 Å². The van der Waals surface area contributed by atoms with Crippen molar-refractivity contribution in [2.24, 2.45) is 0 Å². The summed E-state index contributed by atoms with van der Waals surface area (Å²) in [5.41, 5.74) is 0. The number of hydrogen-bond donors (Lipinski definition) is 1. The maximum absolute atomic E-state index is 11.7. The average molecular weight is 257 g/mol. The summed E-state index contributed by atoms with van der Waals surface area (Å²) in [5.74, 6) is 0. The number of aliphatic hydroxyl groups is 1. The molecule has 0 aliphatic rings. The van der Waals surface area contributed by atoms with Crippen LogP contribution in [0, 0.1) is 0 Å². The number of hydrogen-bond acceptors (Lipinski definition) is 3. The molecule has 0 bridgehead atoms. The molecule has 0 saturated heterocycles. The molecule has 1 N–H and O–H groups in total. The molecular weight excluding hydrogens is 246 g/mol. The molecule has 86 valence electrons. The van der Waals surface area contributed by atoms with Crippen molar-refractivity contribution in [3.8, 4) is 0 Å². The second kappa shape index (κ2) is 6.37. The van der Waals surface area contributed by atoms with Gasteiger partial charge in [0.05, 0.1) is 16.0 Å². The summed E-state index contributed by atoms with van der Waals surface area (Å²) in [6.07, 6.45) is -2.94. The van der Waals surface area contributed by atoms with E-state index in [1.165, 1.54) is 11.3 Å². The van der Waals surface area contributed by atoms with Gasteiger partial charge in [-0.25, -0.2) is 8.78 Å². The highest BCUT2D eigenvalue weighted by Crippen LogP contribution is 2.30. The standard InChI is InChI=1S/C9H11ClF2O2S/c10-6-2-4-15-9(6)7(13)1-3-14-5-8(11)12/h2,4,7-8,13H,1,3,5H2. The van der Waals surface area contributed by atoms with Crippen LogP contribution in [0.3, 0.4) is 0 Å². The van der Waals surface area contributed by atoms with Crippen LogP contribution in [0.2, 0.25) is 5.02 Å². The molecule has 0 spiro atoms. The molecule has 0 aliphatic heterocycles. The lowest BCUT2D eigenvalue weighted by molar-refractivity contribution is 0.00516. The van der Waals surface area contributed by atoms with Gasteiger partial charge in [0.2, 0.25) is 0 Å². The van der Waals surface area contributed by atoms with Crippen molar-refractivity contribution in [3.63, 3.8) is 0 Å². The van der Waals surface area contributed by atoms with E-state index in [2.05, 4.69) is 4.74 Å². The number of thiophene rings is 1. The maximum atomic E-state index is 11.7. The van der Waals surface area contributed by atoms with Gasteiger partial charge in [0.1, 0.15) is 6.61 Å². The highest BCUT2D eigenvalue weighted by Gasteiger charge is 2.13. The quantitative estimate of drug-likeness (QED) is 0.793. The number of ether oxygens (including phenoxy) is 1. The first kappa shape index (κ1) is 12.8. The van der Waals surface area contributed by atoms with E-state index < -0.39 is 19.1 Å². The Morgan fingerprint density at radius 1 is 1.53 bits per heavy atom. The third kappa shape index (κ3) is 4.42. The van der Waals surface area contributed by atoms with Crippen molar-refractivity contribution in [2.45, 2.75) is 19.0 Å². The second-order valence-electron chi connectivity index (χ2n) is 2.90. The van der Waals surface area contributed by atoms with Gasteiger partial charge in [0.15, 0.2) is 0 Å². The molecule has 0 aromatic carbocycles. The SMILES string of the molecule is OC(CCOCC(F)F)c1sccc1Cl. The molecule has 15 heavy (non-hydrogen) atoms. The van der Waals surface area contributed by atoms with Gasteiger partial charge in [0.25, 0.3) is 6.43 Å². The van der Waals surface area contributed by atoms with E-state index in [-0.39, 0.29) is 13.0 Å². The van der Waals surface area contributed by atoms with Crippen LogP contribution in [0.4, 0.5) is 8.78 Å². The lowest BCUT2D eigenvalue weighted by Crippen LogP contribution is -2.08. The fourth-order valence-electron chi connectivity index (χ4n) is 1.04. The predicted molar refractivity (Wildman–Crippen MR) is 55.7 cm³/mol. The summed E-state index contributed by atoms with van der Waals surface area (Å²) in [6, 6.07) is 1.69. The van der Waals surface area contributed by atoms with E-state index in [9.17, 15) is 13.9 Å². The lowest BCUT2D eigenvalue weighted by Gasteiger charge is -2.09. The normalized spacial score (nSPS) is 13.4. The van der Waals surface area contributed by atoms with E-state index in [4.69, 9.17) is 11.6 Å². The minimum atomic E-state index is -2.47. The van der Waals surface area contributed by atoms with E-state index in [1.807, 2.05) is 0 Å². The number of aliphatic hydroxyl groups excluding tert-OH is 1. The van der Waals surface area contributed by atoms with Crippen LogP contribution < -0.4 is 0 Å². The highest BCUT2D eigenvalue weighted by molar-refractivity contribution is 7.10. The summed E-state index contributed by atoms with van der Waals surface area (Å²) in [4.78, 5) is 0.650. The molecule has 0 amide bonds. The Morgan fingerprint density at radius 2 is 2.27 bits per heavy atom. The van der Waals surface area contributed by atoms with Crippen molar-refractivity contribution in [1.29, 1.82) is 0 Å². The van der Waals surface area contributed by atoms with Crippen LogP contribution in [0.5, 0.6) is 0 Å². The lowest BCUT2D eigenvalue weighted by atomic mass is 10.2. The van der Waals surface area contributed by atoms with E-state index in [0.29, 0.717) is 9.90 Å². The zero-order valence-corrected chi connectivity index (χ0v) is 9.40. The summed E-state index contributed by atoms with van der Waals surface area (Å²) in [6.45, 7) is -0.495. The average Bonchev–Trinajstić information content (AvgIpc) is 2.58. The van der Waals surface area contributed by atoms with Crippen molar-refractivity contribution in [1.82, 2.24) is 0 Å². The number of halogens is 3. The molecule has 1 aromatic rings. The zero-order valence-electron chi connectivity index (χ0n) is 7.83. The zero-order chi connectivity index (χ0) is 11.3. The first-order valence-electron chi connectivity index (χ1n) is 4.38. The molecule has 2 nitrogen and oxygen atoms in total. The fourth-order valence-corrected chi connectivity index (χ4v) is 2.25. The van der Waals surface area contributed by atoms with Crippen molar-refractivity contribution in [3.05, 3.63) is 21.3 Å². The van der Waals surface area contributed by atoms with E-state index >= 15 is 0 Å². The molecule has 0 radical (unpaired) electrons. The van der Waals surface area contributed by atoms with Gasteiger partial charge in [-0.2, -0.15) is 0 Å². The molecule has 0 fully saturated rings. The first-order valence-corrected chi connectivity index (χ1v) is 5.64. The van der Waals surface area contributed by atoms with Gasteiger partial charge < -0.3 is 9.84 Å². The Kier molecular flexibility index (Phi) is 5.45.